The van der Waals surface area contributed by atoms with Gasteiger partial charge in [-0.1, -0.05) is 11.6 Å². The first-order chi connectivity index (χ1) is 19.3. The molecule has 0 N–H and O–H groups in total. The predicted molar refractivity (Wildman–Crippen MR) is 145 cm³/mol. The molecule has 6 rings (SSSR count). The van der Waals surface area contributed by atoms with Gasteiger partial charge in [-0.2, -0.15) is 0 Å². The van der Waals surface area contributed by atoms with Gasteiger partial charge in [-0.3, -0.25) is 14.4 Å². The highest BCUT2D eigenvalue weighted by atomic mass is 16.5. The number of rotatable bonds is 5. The average molecular weight is 541 g/mol. The quantitative estimate of drug-likeness (QED) is 0.192. The third-order valence-electron chi connectivity index (χ3n) is 7.13. The van der Waals surface area contributed by atoms with Crippen LogP contribution in [0.25, 0.3) is 17.0 Å². The fraction of sp³-hybridized carbons (Fsp3) is 0.194. The maximum atomic E-state index is 13.6. The molecular weight excluding hydrogens is 516 g/mol. The van der Waals surface area contributed by atoms with E-state index in [0.29, 0.717) is 39.3 Å². The van der Waals surface area contributed by atoms with Gasteiger partial charge >= 0.3 is 5.97 Å². The van der Waals surface area contributed by atoms with E-state index in [-0.39, 0.29) is 46.0 Å². The summed E-state index contributed by atoms with van der Waals surface area (Å²) in [5.74, 6) is 0.0655. The summed E-state index contributed by atoms with van der Waals surface area (Å²) in [6, 6.07) is 11.8. The molecule has 9 heteroatoms. The Morgan fingerprint density at radius 1 is 0.900 bits per heavy atom. The molecule has 0 fully saturated rings. The van der Waals surface area contributed by atoms with Gasteiger partial charge in [0.2, 0.25) is 11.5 Å². The van der Waals surface area contributed by atoms with Crippen LogP contribution in [0.5, 0.6) is 28.7 Å². The summed E-state index contributed by atoms with van der Waals surface area (Å²) in [6.45, 7) is 1.88. The molecule has 1 aromatic heterocycles. The lowest BCUT2D eigenvalue weighted by atomic mass is 9.85. The zero-order valence-corrected chi connectivity index (χ0v) is 22.2. The number of ketones is 1. The molecule has 0 saturated carbocycles. The van der Waals surface area contributed by atoms with Crippen molar-refractivity contribution in [1.29, 1.82) is 0 Å². The normalized spacial score (nSPS) is 16.8. The van der Waals surface area contributed by atoms with Crippen molar-refractivity contribution >= 4 is 28.8 Å². The number of allylic oxidation sites excluding steroid dienone is 1. The molecule has 2 aliphatic rings. The fourth-order valence-electron chi connectivity index (χ4n) is 5.25. The average Bonchev–Trinajstić information content (AvgIpc) is 3.27. The van der Waals surface area contributed by atoms with Crippen molar-refractivity contribution in [2.75, 3.05) is 21.3 Å². The molecule has 9 nitrogen and oxygen atoms in total. The number of ether oxygens (including phenoxy) is 5. The zero-order chi connectivity index (χ0) is 28.1. The van der Waals surface area contributed by atoms with Gasteiger partial charge in [0.1, 0.15) is 17.1 Å². The Bertz CT molecular complexity index is 1810. The first-order valence-corrected chi connectivity index (χ1v) is 12.5. The molecule has 1 unspecified atom stereocenters. The Morgan fingerprint density at radius 3 is 2.45 bits per heavy atom. The van der Waals surface area contributed by atoms with Gasteiger partial charge in [-0.05, 0) is 49.4 Å². The van der Waals surface area contributed by atoms with E-state index in [1.165, 1.54) is 27.6 Å². The van der Waals surface area contributed by atoms with Crippen molar-refractivity contribution < 1.29 is 37.7 Å². The van der Waals surface area contributed by atoms with Crippen LogP contribution in [-0.4, -0.2) is 33.1 Å². The Kier molecular flexibility index (Phi) is 6.06. The highest BCUT2D eigenvalue weighted by Crippen LogP contribution is 2.49. The Hall–Kier alpha value is -5.05. The summed E-state index contributed by atoms with van der Waals surface area (Å²) in [5, 5.41) is 0.406. The number of esters is 1. The Balaban J connectivity index is 1.48. The van der Waals surface area contributed by atoms with E-state index in [4.69, 9.17) is 28.1 Å². The van der Waals surface area contributed by atoms with Gasteiger partial charge in [-0.25, -0.2) is 0 Å². The molecule has 0 aliphatic carbocycles. The highest BCUT2D eigenvalue weighted by molar-refractivity contribution is 6.15. The van der Waals surface area contributed by atoms with E-state index in [0.717, 1.165) is 5.56 Å². The number of carbonyl (C=O) groups is 2. The summed E-state index contributed by atoms with van der Waals surface area (Å²) >= 11 is 0. The molecule has 3 aromatic carbocycles. The number of hydrogen-bond acceptors (Lipinski definition) is 9. The monoisotopic (exact) mass is 540 g/mol. The molecule has 0 spiro atoms. The second-order valence-electron chi connectivity index (χ2n) is 9.47. The van der Waals surface area contributed by atoms with Crippen LogP contribution in [-0.2, 0) is 4.79 Å². The van der Waals surface area contributed by atoms with Crippen LogP contribution < -0.4 is 29.1 Å². The first-order valence-electron chi connectivity index (χ1n) is 12.5. The van der Waals surface area contributed by atoms with Crippen LogP contribution in [0.1, 0.15) is 45.0 Å². The molecular formula is C31H24O9. The van der Waals surface area contributed by atoms with Crippen molar-refractivity contribution in [3.05, 3.63) is 92.5 Å². The number of aryl methyl sites for hydroxylation is 1. The van der Waals surface area contributed by atoms with Crippen molar-refractivity contribution in [2.45, 2.75) is 19.3 Å². The van der Waals surface area contributed by atoms with Gasteiger partial charge in [-0.15, -0.1) is 0 Å². The fourth-order valence-corrected chi connectivity index (χ4v) is 5.25. The highest BCUT2D eigenvalue weighted by Gasteiger charge is 2.40. The lowest BCUT2D eigenvalue weighted by Crippen LogP contribution is -2.25. The SMILES string of the molecule is COc1ccc(C=C2Oc3c(ccc4c3C(c3coc5ccc(C)cc5c3=O)CC(=O)O4)C2=O)c(OC)c1OC. The van der Waals surface area contributed by atoms with Crippen LogP contribution in [0, 0.1) is 6.92 Å². The Morgan fingerprint density at radius 2 is 1.70 bits per heavy atom. The summed E-state index contributed by atoms with van der Waals surface area (Å²) in [6.07, 6.45) is 2.80. The van der Waals surface area contributed by atoms with Gasteiger partial charge < -0.3 is 28.1 Å². The first kappa shape index (κ1) is 25.2. The molecule has 2 aliphatic heterocycles. The van der Waals surface area contributed by atoms with E-state index >= 15 is 0 Å². The number of fused-ring (bicyclic) bond motifs is 4. The minimum atomic E-state index is -0.741. The van der Waals surface area contributed by atoms with E-state index < -0.39 is 11.9 Å². The largest absolute Gasteiger partial charge is 0.493 e. The van der Waals surface area contributed by atoms with E-state index in [1.54, 1.807) is 42.5 Å². The van der Waals surface area contributed by atoms with Crippen LogP contribution in [0.4, 0.5) is 0 Å². The minimum absolute atomic E-state index is 0.0331. The summed E-state index contributed by atoms with van der Waals surface area (Å²) in [7, 11) is 4.49. The Labute approximate surface area is 228 Å². The van der Waals surface area contributed by atoms with E-state index in [2.05, 4.69) is 0 Å². The lowest BCUT2D eigenvalue weighted by molar-refractivity contribution is -0.135. The third-order valence-corrected chi connectivity index (χ3v) is 7.13. The van der Waals surface area contributed by atoms with Crippen LogP contribution in [0.15, 0.2) is 63.7 Å². The van der Waals surface area contributed by atoms with Crippen LogP contribution in [0.2, 0.25) is 0 Å². The summed E-state index contributed by atoms with van der Waals surface area (Å²) in [4.78, 5) is 39.6. The van der Waals surface area contributed by atoms with E-state index in [1.807, 2.05) is 13.0 Å². The van der Waals surface area contributed by atoms with Crippen molar-refractivity contribution in [3.8, 4) is 28.7 Å². The molecule has 202 valence electrons. The number of Topliss-reactive ketones (excluding diaryl/α,β-unsaturated/α-hetero) is 1. The molecule has 4 aromatic rings. The van der Waals surface area contributed by atoms with Gasteiger partial charge in [0.15, 0.2) is 22.7 Å². The number of carbonyl (C=O) groups excluding carboxylic acids is 2. The van der Waals surface area contributed by atoms with Crippen LogP contribution >= 0.6 is 0 Å². The maximum absolute atomic E-state index is 13.6. The molecule has 3 heterocycles. The maximum Gasteiger partial charge on any atom is 0.312 e. The van der Waals surface area contributed by atoms with E-state index in [9.17, 15) is 14.4 Å². The molecule has 1 atom stereocenters. The second kappa shape index (κ2) is 9.60. The van der Waals surface area contributed by atoms with Gasteiger partial charge in [0, 0.05) is 22.6 Å². The molecule has 40 heavy (non-hydrogen) atoms. The summed E-state index contributed by atoms with van der Waals surface area (Å²) < 4.78 is 33.8. The number of hydrogen-bond donors (Lipinski definition) is 0. The van der Waals surface area contributed by atoms with Crippen LogP contribution in [0.3, 0.4) is 0 Å². The van der Waals surface area contributed by atoms with Crippen molar-refractivity contribution in [1.82, 2.24) is 0 Å². The molecule has 0 saturated heterocycles. The van der Waals surface area contributed by atoms with Crippen molar-refractivity contribution in [2.24, 2.45) is 0 Å². The standard InChI is InChI=1S/C31H24O9/c1-15-5-8-21-19(11-15)27(33)20(14-38-21)18-13-25(32)39-22-10-7-17-28(34)24(40-30(17)26(18)22)12-16-6-9-23(35-2)31(37-4)29(16)36-3/h5-12,14,18H,13H2,1-4H3. The second-order valence-corrected chi connectivity index (χ2v) is 9.47. The third kappa shape index (κ3) is 3.89. The molecule has 0 bridgehead atoms. The summed E-state index contributed by atoms with van der Waals surface area (Å²) in [5.41, 5.74) is 2.61. The number of methoxy groups -OCH3 is 3. The number of benzene rings is 3. The molecule has 0 amide bonds. The zero-order valence-electron chi connectivity index (χ0n) is 22.2. The predicted octanol–water partition coefficient (Wildman–Crippen LogP) is 5.18. The van der Waals surface area contributed by atoms with Crippen molar-refractivity contribution in [3.63, 3.8) is 0 Å². The molecule has 0 radical (unpaired) electrons. The van der Waals surface area contributed by atoms with Gasteiger partial charge in [0.05, 0.1) is 45.0 Å². The smallest absolute Gasteiger partial charge is 0.312 e. The lowest BCUT2D eigenvalue weighted by Gasteiger charge is -2.25. The van der Waals surface area contributed by atoms with Gasteiger partial charge in [0.25, 0.3) is 0 Å². The minimum Gasteiger partial charge on any atom is -0.493 e. The topological polar surface area (TPSA) is 111 Å².